The number of aliphatic hydroxyl groups excluding tert-OH is 1. The monoisotopic (exact) mass is 620 g/mol. The molecule has 0 aliphatic carbocycles. The number of aromatic nitrogens is 3. The van der Waals surface area contributed by atoms with Gasteiger partial charge in [0, 0.05) is 6.20 Å². The number of rotatable bonds is 9. The summed E-state index contributed by atoms with van der Waals surface area (Å²) in [5.41, 5.74) is 3.08. The number of carbonyl (C=O) groups is 3. The second kappa shape index (κ2) is 12.2. The Morgan fingerprint density at radius 2 is 1.73 bits per heavy atom. The number of Topliss-reactive ketones (excluding diaryl/α,β-unsaturated/α-hetero) is 1. The smallest absolute Gasteiger partial charge is 0.350 e. The third-order valence-electron chi connectivity index (χ3n) is 7.33. The van der Waals surface area contributed by atoms with Gasteiger partial charge in [-0.2, -0.15) is 0 Å². The molecule has 11 heteroatoms. The van der Waals surface area contributed by atoms with Gasteiger partial charge in [0.15, 0.2) is 10.9 Å². The van der Waals surface area contributed by atoms with Crippen LogP contribution in [0.2, 0.25) is 0 Å². The van der Waals surface area contributed by atoms with Crippen LogP contribution in [0.3, 0.4) is 0 Å². The fraction of sp³-hybridized carbons (Fsp3) is 0.147. The van der Waals surface area contributed by atoms with Crippen molar-refractivity contribution in [2.45, 2.75) is 26.5 Å². The maximum atomic E-state index is 13.8. The fourth-order valence-electron chi connectivity index (χ4n) is 5.23. The molecule has 6 rings (SSSR count). The van der Waals surface area contributed by atoms with Crippen LogP contribution in [0.25, 0.3) is 11.4 Å². The van der Waals surface area contributed by atoms with Gasteiger partial charge in [0.2, 0.25) is 0 Å². The lowest BCUT2D eigenvalue weighted by Crippen LogP contribution is -2.29. The number of nitrogens with zero attached hydrogens (tertiary/aromatic N) is 4. The minimum Gasteiger partial charge on any atom is -0.505 e. The number of aliphatic hydroxyl groups is 1. The number of imidazole rings is 1. The van der Waals surface area contributed by atoms with Gasteiger partial charge in [0.1, 0.15) is 35.2 Å². The van der Waals surface area contributed by atoms with Crippen LogP contribution in [-0.4, -0.2) is 43.7 Å². The molecule has 1 atom stereocenters. The van der Waals surface area contributed by atoms with Gasteiger partial charge in [0.25, 0.3) is 5.78 Å². The van der Waals surface area contributed by atoms with E-state index in [0.717, 1.165) is 16.9 Å². The first-order chi connectivity index (χ1) is 21.8. The molecule has 4 heterocycles. The molecule has 0 saturated carbocycles. The lowest BCUT2D eigenvalue weighted by atomic mass is 9.96. The Hall–Kier alpha value is -5.55. The molecule has 1 fully saturated rings. The van der Waals surface area contributed by atoms with Crippen LogP contribution in [0.5, 0.6) is 5.75 Å². The van der Waals surface area contributed by atoms with E-state index in [-0.39, 0.29) is 27.9 Å². The number of ketones is 1. The summed E-state index contributed by atoms with van der Waals surface area (Å²) < 4.78 is 12.8. The first-order valence-corrected chi connectivity index (χ1v) is 14.9. The van der Waals surface area contributed by atoms with Gasteiger partial charge >= 0.3 is 11.9 Å². The SMILES string of the molecule is C=CCOC(=O)c1sc(N2C(=O)C(=O)/C(=C(/O)c3c(C)nc4ccccn34)C2c2ccc(OCc3ccccc3)cc2)nc1C. The Morgan fingerprint density at radius 1 is 1.00 bits per heavy atom. The van der Waals surface area contributed by atoms with Gasteiger partial charge < -0.3 is 14.6 Å². The van der Waals surface area contributed by atoms with E-state index in [2.05, 4.69) is 16.5 Å². The van der Waals surface area contributed by atoms with Crippen molar-refractivity contribution in [3.05, 3.63) is 130 Å². The fourth-order valence-corrected chi connectivity index (χ4v) is 6.22. The lowest BCUT2D eigenvalue weighted by Gasteiger charge is -2.23. The summed E-state index contributed by atoms with van der Waals surface area (Å²) in [5.74, 6) is -2.20. The first kappa shape index (κ1) is 29.5. The second-order valence-electron chi connectivity index (χ2n) is 10.3. The standard InChI is InChI=1S/C34H28N4O6S/c1-4-18-43-33(42)31-21(3)36-34(45-31)38-28(23-13-15-24(16-14-23)44-19-22-10-6-5-7-11-22)26(30(40)32(38)41)29(39)27-20(2)35-25-12-8-9-17-37(25)27/h4-17,28,39H,1,18-19H2,2-3H3/b29-26+. The molecule has 226 valence electrons. The molecule has 1 aliphatic rings. The van der Waals surface area contributed by atoms with Crippen LogP contribution in [0.1, 0.15) is 43.9 Å². The number of fused-ring (bicyclic) bond motifs is 1. The van der Waals surface area contributed by atoms with Gasteiger partial charge in [-0.1, -0.05) is 72.5 Å². The zero-order chi connectivity index (χ0) is 31.7. The van der Waals surface area contributed by atoms with Crippen LogP contribution < -0.4 is 9.64 Å². The summed E-state index contributed by atoms with van der Waals surface area (Å²) >= 11 is 0.932. The molecule has 45 heavy (non-hydrogen) atoms. The van der Waals surface area contributed by atoms with Gasteiger partial charge in [0.05, 0.1) is 23.0 Å². The molecule has 5 aromatic rings. The number of hydrogen-bond donors (Lipinski definition) is 1. The quantitative estimate of drug-likeness (QED) is 0.0705. The predicted molar refractivity (Wildman–Crippen MR) is 169 cm³/mol. The number of ether oxygens (including phenoxy) is 2. The Labute approximate surface area is 262 Å². The number of esters is 1. The van der Waals surface area contributed by atoms with E-state index >= 15 is 0 Å². The maximum absolute atomic E-state index is 13.8. The van der Waals surface area contributed by atoms with Gasteiger partial charge in [-0.15, -0.1) is 0 Å². The number of carbonyl (C=O) groups excluding carboxylic acids is 3. The highest BCUT2D eigenvalue weighted by Crippen LogP contribution is 2.44. The highest BCUT2D eigenvalue weighted by Gasteiger charge is 2.49. The van der Waals surface area contributed by atoms with Crippen molar-refractivity contribution in [1.82, 2.24) is 14.4 Å². The number of amides is 1. The summed E-state index contributed by atoms with van der Waals surface area (Å²) in [7, 11) is 0. The Bertz CT molecular complexity index is 1980. The summed E-state index contributed by atoms with van der Waals surface area (Å²) in [5, 5.41) is 11.9. The zero-order valence-electron chi connectivity index (χ0n) is 24.5. The number of hydrogen-bond acceptors (Lipinski definition) is 9. The third-order valence-corrected chi connectivity index (χ3v) is 8.46. The van der Waals surface area contributed by atoms with Gasteiger partial charge in [-0.05, 0) is 49.2 Å². The minimum atomic E-state index is -1.07. The van der Waals surface area contributed by atoms with Crippen LogP contribution in [0.4, 0.5) is 5.13 Å². The van der Waals surface area contributed by atoms with Gasteiger partial charge in [-0.3, -0.25) is 18.9 Å². The summed E-state index contributed by atoms with van der Waals surface area (Å²) in [4.78, 5) is 50.6. The van der Waals surface area contributed by atoms with Crippen molar-refractivity contribution in [3.63, 3.8) is 0 Å². The second-order valence-corrected chi connectivity index (χ2v) is 11.3. The van der Waals surface area contributed by atoms with Crippen LogP contribution in [0, 0.1) is 13.8 Å². The highest BCUT2D eigenvalue weighted by atomic mass is 32.1. The Balaban J connectivity index is 1.45. The number of benzene rings is 2. The molecule has 1 saturated heterocycles. The highest BCUT2D eigenvalue weighted by molar-refractivity contribution is 7.17. The van der Waals surface area contributed by atoms with E-state index in [0.29, 0.717) is 40.6 Å². The molecule has 10 nitrogen and oxygen atoms in total. The lowest BCUT2D eigenvalue weighted by molar-refractivity contribution is -0.132. The predicted octanol–water partition coefficient (Wildman–Crippen LogP) is 5.96. The number of anilines is 1. The molecule has 2 aromatic carbocycles. The maximum Gasteiger partial charge on any atom is 0.350 e. The molecule has 1 unspecified atom stereocenters. The Kier molecular flexibility index (Phi) is 8.01. The minimum absolute atomic E-state index is 0.00731. The van der Waals surface area contributed by atoms with Crippen molar-refractivity contribution in [3.8, 4) is 5.75 Å². The first-order valence-electron chi connectivity index (χ1n) is 14.1. The number of thiazole rings is 1. The van der Waals surface area contributed by atoms with Crippen LogP contribution >= 0.6 is 11.3 Å². The molecule has 3 aromatic heterocycles. The van der Waals surface area contributed by atoms with Crippen LogP contribution in [0.15, 0.2) is 97.2 Å². The van der Waals surface area contributed by atoms with Crippen molar-refractivity contribution in [2.24, 2.45) is 0 Å². The van der Waals surface area contributed by atoms with E-state index in [1.807, 2.05) is 36.4 Å². The average molecular weight is 621 g/mol. The topological polar surface area (TPSA) is 123 Å². The molecule has 1 N–H and O–H groups in total. The van der Waals surface area contributed by atoms with Crippen molar-refractivity contribution < 1.29 is 29.0 Å². The van der Waals surface area contributed by atoms with Crippen molar-refractivity contribution >= 4 is 45.5 Å². The Morgan fingerprint density at radius 3 is 2.47 bits per heavy atom. The van der Waals surface area contributed by atoms with Crippen molar-refractivity contribution in [2.75, 3.05) is 11.5 Å². The summed E-state index contributed by atoms with van der Waals surface area (Å²) in [6.45, 7) is 7.26. The summed E-state index contributed by atoms with van der Waals surface area (Å²) in [6, 6.07) is 21.0. The van der Waals surface area contributed by atoms with E-state index < -0.39 is 23.7 Å². The molecular formula is C34H28N4O6S. The average Bonchev–Trinajstić information content (AvgIpc) is 3.69. The third kappa shape index (κ3) is 5.49. The van der Waals surface area contributed by atoms with Gasteiger partial charge in [-0.25, -0.2) is 14.8 Å². The normalized spacial score (nSPS) is 15.9. The van der Waals surface area contributed by atoms with Crippen LogP contribution in [-0.2, 0) is 20.9 Å². The summed E-state index contributed by atoms with van der Waals surface area (Å²) in [6.07, 6.45) is 3.17. The largest absolute Gasteiger partial charge is 0.505 e. The van der Waals surface area contributed by atoms with E-state index in [4.69, 9.17) is 9.47 Å². The zero-order valence-corrected chi connectivity index (χ0v) is 25.3. The van der Waals surface area contributed by atoms with E-state index in [9.17, 15) is 19.5 Å². The van der Waals surface area contributed by atoms with E-state index in [1.165, 1.54) is 11.0 Å². The number of aryl methyl sites for hydroxylation is 2. The molecule has 1 aliphatic heterocycles. The molecular weight excluding hydrogens is 592 g/mol. The molecule has 0 radical (unpaired) electrons. The molecule has 0 bridgehead atoms. The van der Waals surface area contributed by atoms with Crippen molar-refractivity contribution in [1.29, 1.82) is 0 Å². The molecule has 1 amide bonds. The van der Waals surface area contributed by atoms with E-state index in [1.54, 1.807) is 60.8 Å². The number of pyridine rings is 1. The molecule has 0 spiro atoms.